The zero-order valence-electron chi connectivity index (χ0n) is 14.9. The first-order chi connectivity index (χ1) is 13.2. The Kier molecular flexibility index (Phi) is 3.03. The third-order valence-corrected chi connectivity index (χ3v) is 7.26. The van der Waals surface area contributed by atoms with Crippen LogP contribution in [-0.4, -0.2) is 4.98 Å². The minimum atomic E-state index is -0.434. The van der Waals surface area contributed by atoms with E-state index in [4.69, 9.17) is 0 Å². The molecule has 27 heavy (non-hydrogen) atoms. The van der Waals surface area contributed by atoms with Gasteiger partial charge in [-0.3, -0.25) is 0 Å². The fraction of sp³-hybridized carbons (Fsp3) is 0.348. The first kappa shape index (κ1) is 15.3. The second-order valence-corrected chi connectivity index (χ2v) is 8.38. The van der Waals surface area contributed by atoms with Gasteiger partial charge in [0.05, 0.1) is 11.6 Å². The summed E-state index contributed by atoms with van der Waals surface area (Å²) in [6.07, 6.45) is 5.92. The van der Waals surface area contributed by atoms with Gasteiger partial charge >= 0.3 is 0 Å². The van der Waals surface area contributed by atoms with Crippen LogP contribution in [0.5, 0.6) is 0 Å². The molecule has 1 aromatic heterocycles. The molecule has 2 heterocycles. The number of nitriles is 1. The van der Waals surface area contributed by atoms with Gasteiger partial charge in [-0.25, -0.2) is 4.39 Å². The molecule has 2 N–H and O–H groups in total. The minimum absolute atomic E-state index is 0.140. The zero-order valence-corrected chi connectivity index (χ0v) is 14.9. The van der Waals surface area contributed by atoms with Gasteiger partial charge in [-0.2, -0.15) is 5.26 Å². The molecular formula is C23H20FN3. The van der Waals surface area contributed by atoms with Crippen molar-refractivity contribution >= 4 is 16.6 Å². The molecule has 3 nitrogen and oxygen atoms in total. The van der Waals surface area contributed by atoms with Gasteiger partial charge in [0.1, 0.15) is 11.9 Å². The van der Waals surface area contributed by atoms with E-state index in [-0.39, 0.29) is 11.6 Å². The van der Waals surface area contributed by atoms with E-state index in [2.05, 4.69) is 28.5 Å². The summed E-state index contributed by atoms with van der Waals surface area (Å²) >= 11 is 0. The average Bonchev–Trinajstić information content (AvgIpc) is 3.43. The van der Waals surface area contributed by atoms with Crippen molar-refractivity contribution in [2.45, 2.75) is 31.2 Å². The number of hydrogen-bond donors (Lipinski definition) is 2. The van der Waals surface area contributed by atoms with Gasteiger partial charge in [-0.05, 0) is 84.4 Å². The van der Waals surface area contributed by atoms with Crippen LogP contribution in [0.4, 0.5) is 10.1 Å². The van der Waals surface area contributed by atoms with Crippen LogP contribution < -0.4 is 5.32 Å². The van der Waals surface area contributed by atoms with E-state index in [0.717, 1.165) is 11.5 Å². The molecular weight excluding hydrogens is 337 g/mol. The van der Waals surface area contributed by atoms with Crippen molar-refractivity contribution in [1.82, 2.24) is 4.98 Å². The fourth-order valence-corrected chi connectivity index (χ4v) is 6.28. The topological polar surface area (TPSA) is 51.6 Å². The van der Waals surface area contributed by atoms with Gasteiger partial charge in [0.2, 0.25) is 0 Å². The molecule has 0 saturated heterocycles. The van der Waals surface area contributed by atoms with Crippen molar-refractivity contribution in [3.63, 3.8) is 0 Å². The van der Waals surface area contributed by atoms with Crippen molar-refractivity contribution in [2.75, 3.05) is 5.32 Å². The number of halogens is 1. The van der Waals surface area contributed by atoms with Crippen LogP contribution in [0.15, 0.2) is 42.6 Å². The Bertz CT molecular complexity index is 1110. The Balaban J connectivity index is 1.55. The zero-order chi connectivity index (χ0) is 18.1. The normalized spacial score (nSPS) is 30.6. The molecule has 2 aliphatic carbocycles. The number of nitrogens with zero attached hydrogens (tertiary/aromatic N) is 1. The standard InChI is InChI=1S/C23H20FN3/c24-17-4-3-14(10-15(17)11-25)23-21-13-2-1-12(9-13)20(21)22-16-7-8-26-18(16)5-6-19(22)27-23/h3-8,10,12-13,20-21,23,26-27H,1-2,9H2/t12-,13?,20+,21-,23+/m1/s1. The Morgan fingerprint density at radius 1 is 1.07 bits per heavy atom. The van der Waals surface area contributed by atoms with Crippen LogP contribution in [0, 0.1) is 34.9 Å². The van der Waals surface area contributed by atoms with Crippen molar-refractivity contribution in [2.24, 2.45) is 17.8 Å². The quantitative estimate of drug-likeness (QED) is 0.606. The van der Waals surface area contributed by atoms with Gasteiger partial charge in [-0.1, -0.05) is 6.07 Å². The van der Waals surface area contributed by atoms with Crippen LogP contribution in [0.2, 0.25) is 0 Å². The molecule has 134 valence electrons. The predicted molar refractivity (Wildman–Crippen MR) is 103 cm³/mol. The smallest absolute Gasteiger partial charge is 0.140 e. The largest absolute Gasteiger partial charge is 0.378 e. The molecule has 2 bridgehead atoms. The number of nitrogens with one attached hydrogen (secondary N) is 2. The Labute approximate surface area is 157 Å². The highest BCUT2D eigenvalue weighted by atomic mass is 19.1. The Hall–Kier alpha value is -2.80. The molecule has 4 heteroatoms. The molecule has 2 saturated carbocycles. The number of hydrogen-bond acceptors (Lipinski definition) is 2. The van der Waals surface area contributed by atoms with Gasteiger partial charge < -0.3 is 10.3 Å². The molecule has 0 radical (unpaired) electrons. The van der Waals surface area contributed by atoms with Gasteiger partial charge in [-0.15, -0.1) is 0 Å². The molecule has 3 aliphatic rings. The lowest BCUT2D eigenvalue weighted by molar-refractivity contribution is 0.249. The molecule has 1 unspecified atom stereocenters. The van der Waals surface area contributed by atoms with Crippen LogP contribution in [0.3, 0.4) is 0 Å². The minimum Gasteiger partial charge on any atom is -0.378 e. The summed E-state index contributed by atoms with van der Waals surface area (Å²) < 4.78 is 13.9. The molecule has 2 aromatic carbocycles. The van der Waals surface area contributed by atoms with E-state index in [1.807, 2.05) is 18.3 Å². The lowest BCUT2D eigenvalue weighted by atomic mass is 9.67. The first-order valence-electron chi connectivity index (χ1n) is 9.80. The molecule has 1 aliphatic heterocycles. The third-order valence-electron chi connectivity index (χ3n) is 7.26. The van der Waals surface area contributed by atoms with Crippen LogP contribution in [0.25, 0.3) is 10.9 Å². The Morgan fingerprint density at radius 2 is 1.96 bits per heavy atom. The summed E-state index contributed by atoms with van der Waals surface area (Å²) in [4.78, 5) is 3.35. The molecule has 5 atom stereocenters. The van der Waals surface area contributed by atoms with E-state index >= 15 is 0 Å². The third kappa shape index (κ3) is 2.00. The molecule has 0 amide bonds. The summed E-state index contributed by atoms with van der Waals surface area (Å²) in [6.45, 7) is 0. The van der Waals surface area contributed by atoms with E-state index in [0.29, 0.717) is 17.8 Å². The number of anilines is 1. The lowest BCUT2D eigenvalue weighted by Gasteiger charge is -2.44. The Morgan fingerprint density at radius 3 is 2.85 bits per heavy atom. The van der Waals surface area contributed by atoms with Crippen molar-refractivity contribution < 1.29 is 4.39 Å². The molecule has 2 fully saturated rings. The van der Waals surface area contributed by atoms with E-state index in [1.54, 1.807) is 6.07 Å². The van der Waals surface area contributed by atoms with Gasteiger partial charge in [0.15, 0.2) is 0 Å². The number of fused-ring (bicyclic) bond motifs is 9. The van der Waals surface area contributed by atoms with E-state index < -0.39 is 5.82 Å². The maximum Gasteiger partial charge on any atom is 0.140 e. The SMILES string of the molecule is N#Cc1cc([C@@H]2Nc3ccc4[nH]ccc4c3[C@H]3[C@@H]4CCC(C4)[C@H]32)ccc1F. The second kappa shape index (κ2) is 5.36. The van der Waals surface area contributed by atoms with Crippen molar-refractivity contribution in [3.8, 4) is 6.07 Å². The predicted octanol–water partition coefficient (Wildman–Crippen LogP) is 5.48. The average molecular weight is 357 g/mol. The number of H-pyrrole nitrogens is 1. The van der Waals surface area contributed by atoms with Gasteiger partial charge in [0, 0.05) is 22.8 Å². The maximum atomic E-state index is 13.9. The van der Waals surface area contributed by atoms with Crippen LogP contribution >= 0.6 is 0 Å². The van der Waals surface area contributed by atoms with Crippen LogP contribution in [0.1, 0.15) is 47.9 Å². The number of aromatic nitrogens is 1. The number of benzene rings is 2. The van der Waals surface area contributed by atoms with E-state index in [1.165, 1.54) is 47.5 Å². The highest BCUT2D eigenvalue weighted by Gasteiger charge is 2.54. The summed E-state index contributed by atoms with van der Waals surface area (Å²) in [5.41, 5.74) is 5.04. The molecule has 6 rings (SSSR count). The molecule has 0 spiro atoms. The summed E-state index contributed by atoms with van der Waals surface area (Å²) in [5.74, 6) is 2.06. The molecule has 3 aromatic rings. The lowest BCUT2D eigenvalue weighted by Crippen LogP contribution is -2.35. The summed E-state index contributed by atoms with van der Waals surface area (Å²) in [6, 6.07) is 13.7. The monoisotopic (exact) mass is 357 g/mol. The van der Waals surface area contributed by atoms with Crippen molar-refractivity contribution in [1.29, 1.82) is 5.26 Å². The number of aromatic amines is 1. The summed E-state index contributed by atoms with van der Waals surface area (Å²) in [7, 11) is 0. The van der Waals surface area contributed by atoms with Gasteiger partial charge in [0.25, 0.3) is 0 Å². The van der Waals surface area contributed by atoms with Crippen LogP contribution in [-0.2, 0) is 0 Å². The highest BCUT2D eigenvalue weighted by Crippen LogP contribution is 2.64. The summed E-state index contributed by atoms with van der Waals surface area (Å²) in [5, 5.41) is 14.4. The van der Waals surface area contributed by atoms with E-state index in [9.17, 15) is 9.65 Å². The first-order valence-corrected chi connectivity index (χ1v) is 9.80. The number of rotatable bonds is 1. The highest BCUT2D eigenvalue weighted by molar-refractivity contribution is 5.89. The second-order valence-electron chi connectivity index (χ2n) is 8.38. The maximum absolute atomic E-state index is 13.9. The fourth-order valence-electron chi connectivity index (χ4n) is 6.28. The van der Waals surface area contributed by atoms with Crippen molar-refractivity contribution in [3.05, 3.63) is 65.1 Å².